The van der Waals surface area contributed by atoms with Crippen molar-refractivity contribution in [2.45, 2.75) is 6.42 Å². The third-order valence-corrected chi connectivity index (χ3v) is 6.64. The summed E-state index contributed by atoms with van der Waals surface area (Å²) in [6.07, 6.45) is 1.86. The standard InChI is InChI=1S/C28H24FN7O/c29-23-10-12-24(13-11-23)36-28-26(32-33-36)27(30-19-31-28)35-16-14-34(15-17-35)25(37)18-20-6-8-22(9-7-20)21-4-2-1-3-5-21/h1-13,19H,14-18H2. The third kappa shape index (κ3) is 4.63. The van der Waals surface area contributed by atoms with Crippen LogP contribution in [0.5, 0.6) is 0 Å². The fourth-order valence-electron chi connectivity index (χ4n) is 4.62. The average Bonchev–Trinajstić information content (AvgIpc) is 3.39. The molecular formula is C28H24FN7O. The van der Waals surface area contributed by atoms with Crippen molar-refractivity contribution in [1.29, 1.82) is 0 Å². The van der Waals surface area contributed by atoms with Crippen molar-refractivity contribution in [2.75, 3.05) is 31.1 Å². The molecule has 0 radical (unpaired) electrons. The zero-order valence-electron chi connectivity index (χ0n) is 20.0. The Labute approximate surface area is 213 Å². The molecule has 0 saturated carbocycles. The van der Waals surface area contributed by atoms with E-state index in [2.05, 4.69) is 49.4 Å². The number of piperazine rings is 1. The Morgan fingerprint density at radius 3 is 2.24 bits per heavy atom. The van der Waals surface area contributed by atoms with Crippen LogP contribution in [-0.2, 0) is 11.2 Å². The molecule has 9 heteroatoms. The van der Waals surface area contributed by atoms with Gasteiger partial charge in [-0.25, -0.2) is 14.4 Å². The Hall–Kier alpha value is -4.66. The number of anilines is 1. The number of nitrogens with zero attached hydrogens (tertiary/aromatic N) is 7. The molecule has 0 atom stereocenters. The molecule has 0 aliphatic carbocycles. The Morgan fingerprint density at radius 2 is 1.51 bits per heavy atom. The minimum absolute atomic E-state index is 0.113. The summed E-state index contributed by atoms with van der Waals surface area (Å²) in [7, 11) is 0. The Kier molecular flexibility index (Phi) is 6.02. The molecule has 1 saturated heterocycles. The number of fused-ring (bicyclic) bond motifs is 1. The summed E-state index contributed by atoms with van der Waals surface area (Å²) in [5, 5.41) is 8.52. The fraction of sp³-hybridized carbons (Fsp3) is 0.179. The summed E-state index contributed by atoms with van der Waals surface area (Å²) in [6.45, 7) is 2.46. The van der Waals surface area contributed by atoms with E-state index >= 15 is 0 Å². The number of carbonyl (C=O) groups excluding carboxylic acids is 1. The minimum Gasteiger partial charge on any atom is -0.351 e. The van der Waals surface area contributed by atoms with Crippen LogP contribution in [-0.4, -0.2) is 61.9 Å². The predicted octanol–water partition coefficient (Wildman–Crippen LogP) is 3.91. The molecule has 8 nitrogen and oxygen atoms in total. The lowest BCUT2D eigenvalue weighted by Crippen LogP contribution is -2.49. The van der Waals surface area contributed by atoms with E-state index in [4.69, 9.17) is 0 Å². The number of halogens is 1. The second kappa shape index (κ2) is 9.77. The number of hydrogen-bond acceptors (Lipinski definition) is 6. The first-order chi connectivity index (χ1) is 18.2. The van der Waals surface area contributed by atoms with Crippen LogP contribution in [0.2, 0.25) is 0 Å². The van der Waals surface area contributed by atoms with E-state index < -0.39 is 0 Å². The maximum atomic E-state index is 13.3. The third-order valence-electron chi connectivity index (χ3n) is 6.64. The Bertz CT molecular complexity index is 1530. The highest BCUT2D eigenvalue weighted by Crippen LogP contribution is 2.24. The van der Waals surface area contributed by atoms with E-state index in [9.17, 15) is 9.18 Å². The van der Waals surface area contributed by atoms with E-state index in [0.29, 0.717) is 55.3 Å². The number of hydrogen-bond donors (Lipinski definition) is 0. The van der Waals surface area contributed by atoms with Gasteiger partial charge in [0, 0.05) is 26.2 Å². The molecule has 184 valence electrons. The molecule has 2 aromatic heterocycles. The van der Waals surface area contributed by atoms with Crippen LogP contribution in [0.15, 0.2) is 85.2 Å². The van der Waals surface area contributed by atoms with Gasteiger partial charge >= 0.3 is 0 Å². The summed E-state index contributed by atoms with van der Waals surface area (Å²) >= 11 is 0. The summed E-state index contributed by atoms with van der Waals surface area (Å²) in [6, 6.07) is 24.4. The Morgan fingerprint density at radius 1 is 0.811 bits per heavy atom. The summed E-state index contributed by atoms with van der Waals surface area (Å²) in [5.41, 5.74) is 5.09. The van der Waals surface area contributed by atoms with Crippen molar-refractivity contribution in [3.8, 4) is 16.8 Å². The lowest BCUT2D eigenvalue weighted by Gasteiger charge is -2.35. The van der Waals surface area contributed by atoms with Crippen LogP contribution >= 0.6 is 0 Å². The van der Waals surface area contributed by atoms with Crippen LogP contribution < -0.4 is 4.90 Å². The lowest BCUT2D eigenvalue weighted by molar-refractivity contribution is -0.130. The van der Waals surface area contributed by atoms with E-state index in [1.807, 2.05) is 35.2 Å². The van der Waals surface area contributed by atoms with Gasteiger partial charge in [-0.3, -0.25) is 4.79 Å². The van der Waals surface area contributed by atoms with Gasteiger partial charge in [0.15, 0.2) is 17.0 Å². The molecule has 0 spiro atoms. The van der Waals surface area contributed by atoms with E-state index in [0.717, 1.165) is 16.7 Å². The van der Waals surface area contributed by atoms with Crippen molar-refractivity contribution in [1.82, 2.24) is 29.9 Å². The first-order valence-electron chi connectivity index (χ1n) is 12.2. The van der Waals surface area contributed by atoms with Gasteiger partial charge in [-0.05, 0) is 41.0 Å². The predicted molar refractivity (Wildman–Crippen MR) is 139 cm³/mol. The van der Waals surface area contributed by atoms with E-state index in [1.54, 1.807) is 16.8 Å². The molecule has 1 amide bonds. The number of rotatable bonds is 5. The normalized spacial score (nSPS) is 13.8. The Balaban J connectivity index is 1.11. The van der Waals surface area contributed by atoms with Crippen LogP contribution in [0.3, 0.4) is 0 Å². The number of carbonyl (C=O) groups is 1. The van der Waals surface area contributed by atoms with Gasteiger partial charge in [-0.15, -0.1) is 5.10 Å². The van der Waals surface area contributed by atoms with Gasteiger partial charge < -0.3 is 9.80 Å². The SMILES string of the molecule is O=C(Cc1ccc(-c2ccccc2)cc1)N1CCN(c2ncnc3c2nnn3-c2ccc(F)cc2)CC1. The van der Waals surface area contributed by atoms with Gasteiger partial charge in [0.25, 0.3) is 0 Å². The molecule has 0 bridgehead atoms. The van der Waals surface area contributed by atoms with Crippen LogP contribution in [0, 0.1) is 5.82 Å². The molecule has 1 fully saturated rings. The van der Waals surface area contributed by atoms with Gasteiger partial charge in [0.05, 0.1) is 12.1 Å². The van der Waals surface area contributed by atoms with Crippen molar-refractivity contribution in [3.63, 3.8) is 0 Å². The highest BCUT2D eigenvalue weighted by Gasteiger charge is 2.25. The monoisotopic (exact) mass is 493 g/mol. The molecule has 0 N–H and O–H groups in total. The average molecular weight is 494 g/mol. The highest BCUT2D eigenvalue weighted by atomic mass is 19.1. The molecule has 3 heterocycles. The maximum Gasteiger partial charge on any atom is 0.227 e. The van der Waals surface area contributed by atoms with Crippen molar-refractivity contribution in [2.24, 2.45) is 0 Å². The minimum atomic E-state index is -0.319. The van der Waals surface area contributed by atoms with Crippen LogP contribution in [0.25, 0.3) is 28.0 Å². The molecule has 5 aromatic rings. The topological polar surface area (TPSA) is 80.0 Å². The van der Waals surface area contributed by atoms with Crippen molar-refractivity contribution >= 4 is 22.9 Å². The fourth-order valence-corrected chi connectivity index (χ4v) is 4.62. The van der Waals surface area contributed by atoms with Crippen molar-refractivity contribution < 1.29 is 9.18 Å². The first-order valence-corrected chi connectivity index (χ1v) is 12.2. The molecular weight excluding hydrogens is 469 g/mol. The van der Waals surface area contributed by atoms with Gasteiger partial charge in [-0.2, -0.15) is 4.68 Å². The second-order valence-corrected chi connectivity index (χ2v) is 8.95. The second-order valence-electron chi connectivity index (χ2n) is 8.95. The first kappa shape index (κ1) is 22.8. The smallest absolute Gasteiger partial charge is 0.227 e. The maximum absolute atomic E-state index is 13.3. The van der Waals surface area contributed by atoms with Gasteiger partial charge in [0.2, 0.25) is 5.91 Å². The lowest BCUT2D eigenvalue weighted by atomic mass is 10.0. The molecule has 1 aliphatic heterocycles. The van der Waals surface area contributed by atoms with Gasteiger partial charge in [-0.1, -0.05) is 59.8 Å². The van der Waals surface area contributed by atoms with Crippen molar-refractivity contribution in [3.05, 3.63) is 96.6 Å². The van der Waals surface area contributed by atoms with E-state index in [1.165, 1.54) is 18.5 Å². The molecule has 6 rings (SSSR count). The number of aromatic nitrogens is 5. The number of amides is 1. The quantitative estimate of drug-likeness (QED) is 0.369. The number of benzene rings is 3. The van der Waals surface area contributed by atoms with E-state index in [-0.39, 0.29) is 11.7 Å². The summed E-state index contributed by atoms with van der Waals surface area (Å²) in [5.74, 6) is 0.476. The zero-order chi connectivity index (χ0) is 25.2. The zero-order valence-corrected chi connectivity index (χ0v) is 20.0. The summed E-state index contributed by atoms with van der Waals surface area (Å²) < 4.78 is 14.9. The van der Waals surface area contributed by atoms with Gasteiger partial charge in [0.1, 0.15) is 12.1 Å². The molecule has 3 aromatic carbocycles. The summed E-state index contributed by atoms with van der Waals surface area (Å²) in [4.78, 5) is 25.8. The molecule has 37 heavy (non-hydrogen) atoms. The van der Waals surface area contributed by atoms with Crippen LogP contribution in [0.4, 0.5) is 10.2 Å². The largest absolute Gasteiger partial charge is 0.351 e. The molecule has 1 aliphatic rings. The highest BCUT2D eigenvalue weighted by molar-refractivity contribution is 5.84. The van der Waals surface area contributed by atoms with Crippen LogP contribution in [0.1, 0.15) is 5.56 Å². The molecule has 0 unspecified atom stereocenters.